The Bertz CT molecular complexity index is 981. The molecule has 10 heteroatoms. The van der Waals surface area contributed by atoms with Crippen molar-refractivity contribution in [3.05, 3.63) is 41.5 Å². The number of carbonyl (C=O) groups is 1. The van der Waals surface area contributed by atoms with E-state index in [2.05, 4.69) is 4.18 Å². The Labute approximate surface area is 148 Å². The zero-order valence-electron chi connectivity index (χ0n) is 13.4. The van der Waals surface area contributed by atoms with Gasteiger partial charge < -0.3 is 23.9 Å². The molecule has 1 aliphatic rings. The van der Waals surface area contributed by atoms with E-state index < -0.39 is 33.8 Å². The number of aromatic hydroxyl groups is 2. The number of carbonyl (C=O) groups excluding carboxylic acids is 1. The summed E-state index contributed by atoms with van der Waals surface area (Å²) in [4.78, 5) is 12.4. The van der Waals surface area contributed by atoms with Crippen molar-refractivity contribution < 1.29 is 41.6 Å². The number of rotatable bonds is 4. The molecule has 9 nitrogen and oxygen atoms in total. The topological polar surface area (TPSA) is 140 Å². The highest BCUT2D eigenvalue weighted by molar-refractivity contribution is 7.81. The summed E-state index contributed by atoms with van der Waals surface area (Å²) < 4.78 is 45.4. The summed E-state index contributed by atoms with van der Waals surface area (Å²) >= 11 is 0. The van der Waals surface area contributed by atoms with Crippen molar-refractivity contribution >= 4 is 16.2 Å². The Balaban J connectivity index is 1.99. The lowest BCUT2D eigenvalue weighted by Gasteiger charge is -2.26. The van der Waals surface area contributed by atoms with Gasteiger partial charge in [0.1, 0.15) is 23.2 Å². The maximum absolute atomic E-state index is 12.4. The van der Waals surface area contributed by atoms with Gasteiger partial charge in [-0.05, 0) is 17.7 Å². The standard InChI is InChI=1S/C16H14O9S/c1-23-14-4-8(2-3-10(14)17)13-7-12(19)16-11(18)5-9(6-15(16)24-13)25-26(20,21)22/h2-6,13,17-18H,7H2,1H3,(H,20,21,22)/t13-/m0/s1. The van der Waals surface area contributed by atoms with Gasteiger partial charge in [-0.2, -0.15) is 8.42 Å². The first kappa shape index (κ1) is 17.8. The van der Waals surface area contributed by atoms with E-state index in [4.69, 9.17) is 14.0 Å². The van der Waals surface area contributed by atoms with Gasteiger partial charge in [0.25, 0.3) is 0 Å². The largest absolute Gasteiger partial charge is 0.507 e. The Kier molecular flexibility index (Phi) is 4.38. The molecular formula is C16H14O9S. The summed E-state index contributed by atoms with van der Waals surface area (Å²) in [5.41, 5.74) is 0.411. The summed E-state index contributed by atoms with van der Waals surface area (Å²) in [7, 11) is -3.44. The van der Waals surface area contributed by atoms with Gasteiger partial charge in [0.2, 0.25) is 0 Å². The third-order valence-electron chi connectivity index (χ3n) is 3.75. The van der Waals surface area contributed by atoms with E-state index in [1.807, 2.05) is 0 Å². The van der Waals surface area contributed by atoms with Crippen LogP contribution in [0.2, 0.25) is 0 Å². The first-order chi connectivity index (χ1) is 12.2. The molecule has 1 aliphatic heterocycles. The molecule has 0 aromatic heterocycles. The van der Waals surface area contributed by atoms with Gasteiger partial charge in [0.15, 0.2) is 23.0 Å². The van der Waals surface area contributed by atoms with Gasteiger partial charge in [-0.3, -0.25) is 9.35 Å². The zero-order chi connectivity index (χ0) is 19.1. The van der Waals surface area contributed by atoms with Crippen molar-refractivity contribution in [3.8, 4) is 28.7 Å². The van der Waals surface area contributed by atoms with E-state index >= 15 is 0 Å². The summed E-state index contributed by atoms with van der Waals surface area (Å²) in [5.74, 6) is -1.37. The fourth-order valence-corrected chi connectivity index (χ4v) is 3.00. The Morgan fingerprint density at radius 3 is 2.54 bits per heavy atom. The maximum Gasteiger partial charge on any atom is 0.446 e. The molecule has 3 rings (SSSR count). The molecule has 138 valence electrons. The fraction of sp³-hybridized carbons (Fsp3) is 0.188. The molecule has 1 atom stereocenters. The minimum Gasteiger partial charge on any atom is -0.507 e. The molecule has 0 fully saturated rings. The second-order valence-corrected chi connectivity index (χ2v) is 6.51. The number of Topliss-reactive ketones (excluding diaryl/α,β-unsaturated/α-hetero) is 1. The molecule has 0 amide bonds. The SMILES string of the molecule is COc1cc([C@@H]2CC(=O)c3c(O)cc(OS(=O)(=O)O)cc3O2)ccc1O. The van der Waals surface area contributed by atoms with Crippen LogP contribution < -0.4 is 13.7 Å². The molecule has 2 aromatic carbocycles. The second-order valence-electron chi connectivity index (χ2n) is 5.49. The third kappa shape index (κ3) is 3.51. The predicted octanol–water partition coefficient (Wildman–Crippen LogP) is 1.99. The van der Waals surface area contributed by atoms with Crippen LogP contribution in [0.5, 0.6) is 28.7 Å². The van der Waals surface area contributed by atoms with Crippen molar-refractivity contribution in [2.45, 2.75) is 12.5 Å². The predicted molar refractivity (Wildman–Crippen MR) is 87.3 cm³/mol. The van der Waals surface area contributed by atoms with Crippen molar-refractivity contribution in [3.63, 3.8) is 0 Å². The quantitative estimate of drug-likeness (QED) is 0.677. The summed E-state index contributed by atoms with van der Waals surface area (Å²) in [6.45, 7) is 0. The van der Waals surface area contributed by atoms with Gasteiger partial charge in [0, 0.05) is 12.1 Å². The van der Waals surface area contributed by atoms with Gasteiger partial charge in [0.05, 0.1) is 13.5 Å². The van der Waals surface area contributed by atoms with Gasteiger partial charge in [-0.25, -0.2) is 0 Å². The van der Waals surface area contributed by atoms with Crippen LogP contribution in [0.15, 0.2) is 30.3 Å². The molecule has 0 saturated heterocycles. The first-order valence-corrected chi connectivity index (χ1v) is 8.65. The number of benzene rings is 2. The van der Waals surface area contributed by atoms with Crippen LogP contribution in [0.25, 0.3) is 0 Å². The highest BCUT2D eigenvalue weighted by Gasteiger charge is 2.31. The van der Waals surface area contributed by atoms with Crippen molar-refractivity contribution in [2.75, 3.05) is 7.11 Å². The van der Waals surface area contributed by atoms with Crippen LogP contribution in [0.4, 0.5) is 0 Å². The Morgan fingerprint density at radius 1 is 1.15 bits per heavy atom. The number of ketones is 1. The molecule has 0 unspecified atom stereocenters. The van der Waals surface area contributed by atoms with Crippen molar-refractivity contribution in [1.29, 1.82) is 0 Å². The molecule has 1 heterocycles. The minimum atomic E-state index is -4.81. The average Bonchev–Trinajstić information content (AvgIpc) is 2.52. The third-order valence-corrected chi connectivity index (χ3v) is 4.15. The molecule has 0 aliphatic carbocycles. The smallest absolute Gasteiger partial charge is 0.446 e. The Morgan fingerprint density at radius 2 is 1.88 bits per heavy atom. The lowest BCUT2D eigenvalue weighted by Crippen LogP contribution is -2.21. The number of hydrogen-bond donors (Lipinski definition) is 3. The molecule has 0 spiro atoms. The van der Waals surface area contributed by atoms with Crippen LogP contribution in [0, 0.1) is 0 Å². The van der Waals surface area contributed by atoms with Crippen LogP contribution in [0.1, 0.15) is 28.4 Å². The van der Waals surface area contributed by atoms with Crippen molar-refractivity contribution in [2.24, 2.45) is 0 Å². The maximum atomic E-state index is 12.4. The van der Waals surface area contributed by atoms with Crippen LogP contribution in [-0.2, 0) is 10.4 Å². The summed E-state index contributed by atoms with van der Waals surface area (Å²) in [6.07, 6.45) is -0.850. The molecule has 0 bridgehead atoms. The van der Waals surface area contributed by atoms with E-state index in [1.54, 1.807) is 6.07 Å². The number of phenols is 2. The van der Waals surface area contributed by atoms with E-state index in [0.29, 0.717) is 5.56 Å². The summed E-state index contributed by atoms with van der Waals surface area (Å²) in [6, 6.07) is 6.38. The molecule has 0 radical (unpaired) electrons. The molecule has 26 heavy (non-hydrogen) atoms. The lowest BCUT2D eigenvalue weighted by molar-refractivity contribution is 0.0845. The zero-order valence-corrected chi connectivity index (χ0v) is 14.2. The monoisotopic (exact) mass is 382 g/mol. The minimum absolute atomic E-state index is 0.0831. The molecule has 3 N–H and O–H groups in total. The number of phenolic OH excluding ortho intramolecular Hbond substituents is 2. The molecule has 0 saturated carbocycles. The van der Waals surface area contributed by atoms with Crippen LogP contribution >= 0.6 is 0 Å². The normalized spacial score (nSPS) is 16.5. The number of methoxy groups -OCH3 is 1. The van der Waals surface area contributed by atoms with Crippen molar-refractivity contribution in [1.82, 2.24) is 0 Å². The highest BCUT2D eigenvalue weighted by atomic mass is 32.3. The first-order valence-electron chi connectivity index (χ1n) is 7.28. The summed E-state index contributed by atoms with van der Waals surface area (Å²) in [5, 5.41) is 19.6. The lowest BCUT2D eigenvalue weighted by atomic mass is 9.95. The average molecular weight is 382 g/mol. The van der Waals surface area contributed by atoms with E-state index in [-0.39, 0.29) is 29.2 Å². The molecule has 2 aromatic rings. The van der Waals surface area contributed by atoms with Crippen LogP contribution in [-0.4, -0.2) is 36.1 Å². The van der Waals surface area contributed by atoms with Gasteiger partial charge in [-0.1, -0.05) is 6.07 Å². The van der Waals surface area contributed by atoms with E-state index in [0.717, 1.165) is 12.1 Å². The number of ether oxygens (including phenoxy) is 2. The number of hydrogen-bond acceptors (Lipinski definition) is 8. The van der Waals surface area contributed by atoms with Crippen LogP contribution in [0.3, 0.4) is 0 Å². The second kappa shape index (κ2) is 6.39. The van der Waals surface area contributed by atoms with E-state index in [1.165, 1.54) is 19.2 Å². The van der Waals surface area contributed by atoms with Gasteiger partial charge >= 0.3 is 10.4 Å². The molecular weight excluding hydrogens is 368 g/mol. The Hall–Kier alpha value is -2.98. The number of fused-ring (bicyclic) bond motifs is 1. The van der Waals surface area contributed by atoms with E-state index in [9.17, 15) is 23.4 Å². The van der Waals surface area contributed by atoms with Gasteiger partial charge in [-0.15, -0.1) is 0 Å². The fourth-order valence-electron chi connectivity index (χ4n) is 2.66. The highest BCUT2D eigenvalue weighted by Crippen LogP contribution is 2.43.